The van der Waals surface area contributed by atoms with Crippen LogP contribution < -0.4 is 10.6 Å². The first-order valence-electron chi connectivity index (χ1n) is 9.34. The summed E-state index contributed by atoms with van der Waals surface area (Å²) in [4.78, 5) is 9.01. The third kappa shape index (κ3) is 8.85. The summed E-state index contributed by atoms with van der Waals surface area (Å²) in [7, 11) is 0. The van der Waals surface area contributed by atoms with Crippen LogP contribution in [0, 0.1) is 6.92 Å². The molecular formula is C19H33IN4O. The van der Waals surface area contributed by atoms with E-state index in [1.807, 2.05) is 12.3 Å². The van der Waals surface area contributed by atoms with E-state index in [2.05, 4.69) is 40.5 Å². The Kier molecular flexibility index (Phi) is 11.8. The summed E-state index contributed by atoms with van der Waals surface area (Å²) in [5.41, 5.74) is 2.20. The number of aryl methyl sites for hydroxylation is 1. The Hall–Kier alpha value is -0.890. The monoisotopic (exact) mass is 460 g/mol. The Labute approximate surface area is 169 Å². The Morgan fingerprint density at radius 2 is 2.08 bits per heavy atom. The highest BCUT2D eigenvalue weighted by molar-refractivity contribution is 14.0. The zero-order chi connectivity index (χ0) is 17.0. The summed E-state index contributed by atoms with van der Waals surface area (Å²) in [5, 5.41) is 6.66. The lowest BCUT2D eigenvalue weighted by Crippen LogP contribution is -2.38. The predicted octanol–water partition coefficient (Wildman–Crippen LogP) is 3.80. The van der Waals surface area contributed by atoms with E-state index >= 15 is 0 Å². The molecule has 1 aromatic rings. The topological polar surface area (TPSA) is 58.5 Å². The van der Waals surface area contributed by atoms with Gasteiger partial charge in [-0.25, -0.2) is 4.99 Å². The normalized spacial score (nSPS) is 15.5. The minimum Gasteiger partial charge on any atom is -0.378 e. The molecule has 2 N–H and O–H groups in total. The van der Waals surface area contributed by atoms with Gasteiger partial charge in [0.2, 0.25) is 0 Å². The molecule has 0 saturated heterocycles. The lowest BCUT2D eigenvalue weighted by Gasteiger charge is -2.22. The average molecular weight is 460 g/mol. The number of hydrogen-bond donors (Lipinski definition) is 2. The van der Waals surface area contributed by atoms with Crippen molar-refractivity contribution in [3.63, 3.8) is 0 Å². The molecule has 1 fully saturated rings. The van der Waals surface area contributed by atoms with E-state index in [1.54, 1.807) is 0 Å². The molecule has 2 rings (SSSR count). The molecule has 1 aliphatic rings. The zero-order valence-electron chi connectivity index (χ0n) is 15.6. The number of halogens is 1. The van der Waals surface area contributed by atoms with Crippen molar-refractivity contribution in [2.45, 2.75) is 65.0 Å². The summed E-state index contributed by atoms with van der Waals surface area (Å²) in [6.07, 6.45) is 9.82. The molecule has 0 radical (unpaired) electrons. The molecule has 0 bridgehead atoms. The van der Waals surface area contributed by atoms with Crippen LogP contribution in [-0.4, -0.2) is 36.7 Å². The van der Waals surface area contributed by atoms with Crippen molar-refractivity contribution in [3.05, 3.63) is 29.6 Å². The van der Waals surface area contributed by atoms with E-state index < -0.39 is 0 Å². The second-order valence-electron chi connectivity index (χ2n) is 6.37. The third-order valence-electron chi connectivity index (χ3n) is 4.37. The molecule has 0 aromatic carbocycles. The van der Waals surface area contributed by atoms with Crippen LogP contribution in [0.15, 0.2) is 23.3 Å². The van der Waals surface area contributed by atoms with Crippen LogP contribution in [0.2, 0.25) is 0 Å². The molecule has 0 aliphatic heterocycles. The second kappa shape index (κ2) is 13.3. The van der Waals surface area contributed by atoms with Gasteiger partial charge in [-0.3, -0.25) is 4.98 Å². The molecule has 1 saturated carbocycles. The molecule has 0 spiro atoms. The second-order valence-corrected chi connectivity index (χ2v) is 6.37. The van der Waals surface area contributed by atoms with E-state index in [1.165, 1.54) is 37.7 Å². The summed E-state index contributed by atoms with van der Waals surface area (Å²) < 4.78 is 5.96. The van der Waals surface area contributed by atoms with Gasteiger partial charge in [0.1, 0.15) is 0 Å². The molecule has 25 heavy (non-hydrogen) atoms. The molecule has 5 nitrogen and oxygen atoms in total. The van der Waals surface area contributed by atoms with Crippen LogP contribution >= 0.6 is 24.0 Å². The largest absolute Gasteiger partial charge is 0.378 e. The summed E-state index contributed by atoms with van der Waals surface area (Å²) in [6, 6.07) is 4.03. The van der Waals surface area contributed by atoms with Crippen molar-refractivity contribution in [1.29, 1.82) is 0 Å². The maximum absolute atomic E-state index is 5.96. The minimum atomic E-state index is 0. The maximum atomic E-state index is 5.96. The molecular weight excluding hydrogens is 427 g/mol. The van der Waals surface area contributed by atoms with E-state index in [4.69, 9.17) is 4.74 Å². The highest BCUT2D eigenvalue weighted by Crippen LogP contribution is 2.20. The lowest BCUT2D eigenvalue weighted by atomic mass is 9.98. The average Bonchev–Trinajstić information content (AvgIpc) is 2.61. The highest BCUT2D eigenvalue weighted by Gasteiger charge is 2.12. The first kappa shape index (κ1) is 22.2. The first-order valence-corrected chi connectivity index (χ1v) is 9.34. The van der Waals surface area contributed by atoms with Crippen LogP contribution in [0.4, 0.5) is 0 Å². The molecule has 0 amide bonds. The van der Waals surface area contributed by atoms with Gasteiger partial charge in [-0.2, -0.15) is 0 Å². The highest BCUT2D eigenvalue weighted by atomic mass is 127. The van der Waals surface area contributed by atoms with Gasteiger partial charge in [-0.15, -0.1) is 24.0 Å². The number of hydrogen-bond acceptors (Lipinski definition) is 3. The van der Waals surface area contributed by atoms with Gasteiger partial charge in [0.25, 0.3) is 0 Å². The van der Waals surface area contributed by atoms with E-state index in [-0.39, 0.29) is 24.0 Å². The molecule has 1 aromatic heterocycles. The fraction of sp³-hybridized carbons (Fsp3) is 0.684. The molecule has 1 heterocycles. The predicted molar refractivity (Wildman–Crippen MR) is 115 cm³/mol. The van der Waals surface area contributed by atoms with Crippen LogP contribution in [0.1, 0.15) is 56.7 Å². The van der Waals surface area contributed by atoms with Crippen LogP contribution in [-0.2, 0) is 11.3 Å². The van der Waals surface area contributed by atoms with Gasteiger partial charge in [0, 0.05) is 25.9 Å². The van der Waals surface area contributed by atoms with Gasteiger partial charge < -0.3 is 15.4 Å². The molecule has 1 aliphatic carbocycles. The SMILES string of the molecule is CCNC(=NCc1ncccc1C)NCCCOC1CCCCC1.I. The fourth-order valence-corrected chi connectivity index (χ4v) is 2.94. The zero-order valence-corrected chi connectivity index (χ0v) is 17.9. The Morgan fingerprint density at radius 1 is 1.28 bits per heavy atom. The minimum absolute atomic E-state index is 0. The van der Waals surface area contributed by atoms with Gasteiger partial charge in [0.05, 0.1) is 18.3 Å². The van der Waals surface area contributed by atoms with Gasteiger partial charge in [-0.1, -0.05) is 25.3 Å². The smallest absolute Gasteiger partial charge is 0.191 e. The number of nitrogens with zero attached hydrogens (tertiary/aromatic N) is 2. The Bertz CT molecular complexity index is 504. The summed E-state index contributed by atoms with van der Waals surface area (Å²) in [5.74, 6) is 0.847. The Balaban J connectivity index is 0.00000312. The number of rotatable bonds is 8. The number of aromatic nitrogens is 1. The fourth-order valence-electron chi connectivity index (χ4n) is 2.94. The van der Waals surface area contributed by atoms with Crippen molar-refractivity contribution in [1.82, 2.24) is 15.6 Å². The van der Waals surface area contributed by atoms with Gasteiger partial charge in [0.15, 0.2) is 5.96 Å². The van der Waals surface area contributed by atoms with Crippen molar-refractivity contribution in [2.24, 2.45) is 4.99 Å². The first-order chi connectivity index (χ1) is 11.8. The van der Waals surface area contributed by atoms with Gasteiger partial charge in [-0.05, 0) is 44.7 Å². The summed E-state index contributed by atoms with van der Waals surface area (Å²) >= 11 is 0. The number of pyridine rings is 1. The maximum Gasteiger partial charge on any atom is 0.191 e. The van der Waals surface area contributed by atoms with Crippen LogP contribution in [0.25, 0.3) is 0 Å². The van der Waals surface area contributed by atoms with Crippen molar-refractivity contribution >= 4 is 29.9 Å². The number of ether oxygens (including phenoxy) is 1. The molecule has 0 unspecified atom stereocenters. The van der Waals surface area contributed by atoms with E-state index in [0.29, 0.717) is 12.6 Å². The van der Waals surface area contributed by atoms with Crippen molar-refractivity contribution in [2.75, 3.05) is 19.7 Å². The van der Waals surface area contributed by atoms with Crippen LogP contribution in [0.3, 0.4) is 0 Å². The lowest BCUT2D eigenvalue weighted by molar-refractivity contribution is 0.0277. The van der Waals surface area contributed by atoms with E-state index in [0.717, 1.165) is 37.8 Å². The molecule has 142 valence electrons. The van der Waals surface area contributed by atoms with Crippen molar-refractivity contribution < 1.29 is 4.74 Å². The molecule has 0 atom stereocenters. The van der Waals surface area contributed by atoms with Gasteiger partial charge >= 0.3 is 0 Å². The standard InChI is InChI=1S/C19H32N4O.HI/c1-3-20-19(23-15-18-16(2)9-7-12-21-18)22-13-8-14-24-17-10-5-4-6-11-17;/h7,9,12,17H,3-6,8,10-11,13-15H2,1-2H3,(H2,20,22,23);1H. The molecule has 6 heteroatoms. The number of nitrogens with one attached hydrogen (secondary N) is 2. The van der Waals surface area contributed by atoms with E-state index in [9.17, 15) is 0 Å². The quantitative estimate of drug-likeness (QED) is 0.268. The third-order valence-corrected chi connectivity index (χ3v) is 4.37. The van der Waals surface area contributed by atoms with Crippen LogP contribution in [0.5, 0.6) is 0 Å². The number of guanidine groups is 1. The summed E-state index contributed by atoms with van der Waals surface area (Å²) in [6.45, 7) is 7.30. The number of aliphatic imine (C=N–C) groups is 1. The Morgan fingerprint density at radius 3 is 2.80 bits per heavy atom. The van der Waals surface area contributed by atoms with Crippen molar-refractivity contribution in [3.8, 4) is 0 Å².